The van der Waals surface area contributed by atoms with Gasteiger partial charge in [-0.25, -0.2) is 0 Å². The quantitative estimate of drug-likeness (QED) is 0.115. The third-order valence-electron chi connectivity index (χ3n) is 6.41. The lowest BCUT2D eigenvalue weighted by Gasteiger charge is -2.43. The molecule has 0 radical (unpaired) electrons. The summed E-state index contributed by atoms with van der Waals surface area (Å²) in [5, 5.41) is 100. The average Bonchev–Trinajstić information content (AvgIpc) is 2.89. The van der Waals surface area contributed by atoms with E-state index >= 15 is 0 Å². The van der Waals surface area contributed by atoms with Gasteiger partial charge < -0.3 is 79.5 Å². The lowest BCUT2D eigenvalue weighted by Crippen LogP contribution is -2.62. The van der Waals surface area contributed by atoms with Crippen molar-refractivity contribution in [1.82, 2.24) is 0 Å². The van der Waals surface area contributed by atoms with Crippen molar-refractivity contribution in [2.75, 3.05) is 26.4 Å². The van der Waals surface area contributed by atoms with Crippen molar-refractivity contribution in [2.45, 2.75) is 92.1 Å². The number of rotatable bonds is 10. The van der Waals surface area contributed by atoms with Crippen LogP contribution in [0.15, 0.2) is 12.7 Å². The second-order valence-electron chi connectivity index (χ2n) is 9.02. The van der Waals surface area contributed by atoms with Crippen molar-refractivity contribution in [2.24, 2.45) is 0 Å². The van der Waals surface area contributed by atoms with E-state index < -0.39 is 112 Å². The van der Waals surface area contributed by atoms with Crippen molar-refractivity contribution in [1.29, 1.82) is 0 Å². The van der Waals surface area contributed by atoms with Gasteiger partial charge in [-0.15, -0.1) is 6.58 Å². The monoisotopic (exact) mass is 544 g/mol. The Morgan fingerprint density at radius 2 is 0.865 bits per heavy atom. The van der Waals surface area contributed by atoms with E-state index in [0.717, 1.165) is 0 Å². The molecule has 0 spiro atoms. The summed E-state index contributed by atoms with van der Waals surface area (Å²) in [6, 6.07) is 0. The minimum atomic E-state index is -1.78. The predicted molar refractivity (Wildman–Crippen MR) is 115 cm³/mol. The van der Waals surface area contributed by atoms with Gasteiger partial charge >= 0.3 is 0 Å². The number of hydrogen-bond acceptors (Lipinski definition) is 16. The van der Waals surface area contributed by atoms with Crippen LogP contribution in [0.4, 0.5) is 0 Å². The lowest BCUT2D eigenvalue weighted by atomic mass is 9.98. The number of ether oxygens (including phenoxy) is 6. The Labute approximate surface area is 211 Å². The molecule has 3 heterocycles. The van der Waals surface area contributed by atoms with E-state index in [0.29, 0.717) is 0 Å². The van der Waals surface area contributed by atoms with E-state index in [4.69, 9.17) is 28.4 Å². The molecule has 0 saturated carbocycles. The maximum atomic E-state index is 10.3. The number of aliphatic hydroxyl groups is 10. The van der Waals surface area contributed by atoms with Crippen LogP contribution in [-0.4, -0.2) is 170 Å². The Morgan fingerprint density at radius 3 is 1.24 bits per heavy atom. The van der Waals surface area contributed by atoms with Crippen LogP contribution >= 0.6 is 0 Å². The number of aliphatic hydroxyl groups excluding tert-OH is 10. The maximum absolute atomic E-state index is 10.3. The normalized spacial score (nSPS) is 49.1. The van der Waals surface area contributed by atoms with Gasteiger partial charge in [0, 0.05) is 0 Å². The number of hydrogen-bond donors (Lipinski definition) is 10. The van der Waals surface area contributed by atoms with Gasteiger partial charge in [0.25, 0.3) is 0 Å². The highest BCUT2D eigenvalue weighted by molar-refractivity contribution is 4.93. The molecule has 0 bridgehead atoms. The average molecular weight is 545 g/mol. The zero-order chi connectivity index (χ0) is 27.4. The standard InChI is InChI=1S/C21H36O16/c1-2-3-32-19-16(29)14(27)11(24)8(36-19)5-34-21-18(31)15(28)12(25)9(37-21)6-33-20-17(30)13(26)10(23)7(4-22)35-20/h2,7-31H,1,3-6H2/t7-,8-,9-,10+,11+,12+,13+,14+,15+,16-,17-,18-,19+,20?,21+/m1/s1. The first kappa shape index (κ1) is 30.6. The molecular weight excluding hydrogens is 508 g/mol. The second-order valence-corrected chi connectivity index (χ2v) is 9.02. The molecule has 216 valence electrons. The fraction of sp³-hybridized carbons (Fsp3) is 0.905. The van der Waals surface area contributed by atoms with Crippen molar-refractivity contribution in [3.63, 3.8) is 0 Å². The Hall–Kier alpha value is -0.900. The third-order valence-corrected chi connectivity index (χ3v) is 6.41. The van der Waals surface area contributed by atoms with E-state index in [2.05, 4.69) is 6.58 Å². The summed E-state index contributed by atoms with van der Waals surface area (Å²) in [4.78, 5) is 0. The SMILES string of the molecule is C=CCO[C@H]1O[C@H](CO[C@H]2O[C@H](COC3O[C@H](CO)[C@H](O)[C@H](O)[C@H]3O)[C@H](O)[C@H](O)[C@H]2O)[C@H](O)[C@H](O)[C@H]1O. The van der Waals surface area contributed by atoms with Gasteiger partial charge in [-0.3, -0.25) is 0 Å². The van der Waals surface area contributed by atoms with Gasteiger partial charge in [-0.2, -0.15) is 0 Å². The molecule has 16 nitrogen and oxygen atoms in total. The van der Waals surface area contributed by atoms with Gasteiger partial charge in [0.1, 0.15) is 73.2 Å². The second kappa shape index (κ2) is 13.4. The molecule has 0 amide bonds. The minimum Gasteiger partial charge on any atom is -0.394 e. The van der Waals surface area contributed by atoms with E-state index in [-0.39, 0.29) is 6.61 Å². The van der Waals surface area contributed by atoms with Crippen molar-refractivity contribution >= 4 is 0 Å². The predicted octanol–water partition coefficient (Wildman–Crippen LogP) is -6.36. The highest BCUT2D eigenvalue weighted by Crippen LogP contribution is 2.27. The van der Waals surface area contributed by atoms with Crippen LogP contribution in [-0.2, 0) is 28.4 Å². The van der Waals surface area contributed by atoms with E-state index in [9.17, 15) is 51.1 Å². The van der Waals surface area contributed by atoms with Crippen molar-refractivity contribution < 1.29 is 79.5 Å². The van der Waals surface area contributed by atoms with Crippen LogP contribution in [0, 0.1) is 0 Å². The summed E-state index contributed by atoms with van der Waals surface area (Å²) in [5.41, 5.74) is 0. The Balaban J connectivity index is 1.59. The molecule has 3 aliphatic heterocycles. The molecular formula is C21H36O16. The van der Waals surface area contributed by atoms with E-state index in [1.54, 1.807) is 0 Å². The summed E-state index contributed by atoms with van der Waals surface area (Å²) >= 11 is 0. The van der Waals surface area contributed by atoms with Gasteiger partial charge in [-0.1, -0.05) is 6.08 Å². The topological polar surface area (TPSA) is 258 Å². The summed E-state index contributed by atoms with van der Waals surface area (Å²) in [6.07, 6.45) is -22.0. The molecule has 10 N–H and O–H groups in total. The molecule has 0 aromatic heterocycles. The molecule has 3 aliphatic rings. The third kappa shape index (κ3) is 6.82. The Morgan fingerprint density at radius 1 is 0.514 bits per heavy atom. The first-order valence-corrected chi connectivity index (χ1v) is 11.7. The molecule has 1 unspecified atom stereocenters. The molecule has 3 rings (SSSR count). The largest absolute Gasteiger partial charge is 0.394 e. The summed E-state index contributed by atoms with van der Waals surface area (Å²) in [7, 11) is 0. The van der Waals surface area contributed by atoms with Crippen molar-refractivity contribution in [3.05, 3.63) is 12.7 Å². The smallest absolute Gasteiger partial charge is 0.187 e. The Bertz CT molecular complexity index is 712. The zero-order valence-corrected chi connectivity index (χ0v) is 19.7. The molecule has 15 atom stereocenters. The van der Waals surface area contributed by atoms with Crippen molar-refractivity contribution in [3.8, 4) is 0 Å². The lowest BCUT2D eigenvalue weighted by molar-refractivity contribution is -0.342. The van der Waals surface area contributed by atoms with Crippen LogP contribution in [0.25, 0.3) is 0 Å². The Kier molecular flexibility index (Phi) is 11.1. The summed E-state index contributed by atoms with van der Waals surface area (Å²) in [5.74, 6) is 0. The molecule has 0 aromatic carbocycles. The van der Waals surface area contributed by atoms with Crippen LogP contribution in [0.1, 0.15) is 0 Å². The molecule has 0 aliphatic carbocycles. The highest BCUT2D eigenvalue weighted by Gasteiger charge is 2.49. The fourth-order valence-electron chi connectivity index (χ4n) is 4.13. The molecule has 37 heavy (non-hydrogen) atoms. The van der Waals surface area contributed by atoms with Gasteiger partial charge in [0.05, 0.1) is 26.4 Å². The summed E-state index contributed by atoms with van der Waals surface area (Å²) in [6.45, 7) is 1.68. The first-order chi connectivity index (χ1) is 17.5. The molecule has 16 heteroatoms. The van der Waals surface area contributed by atoms with Gasteiger partial charge in [0.2, 0.25) is 0 Å². The van der Waals surface area contributed by atoms with Crippen LogP contribution < -0.4 is 0 Å². The fourth-order valence-corrected chi connectivity index (χ4v) is 4.13. The zero-order valence-electron chi connectivity index (χ0n) is 19.7. The van der Waals surface area contributed by atoms with E-state index in [1.807, 2.05) is 0 Å². The summed E-state index contributed by atoms with van der Waals surface area (Å²) < 4.78 is 32.1. The van der Waals surface area contributed by atoms with Gasteiger partial charge in [-0.05, 0) is 0 Å². The van der Waals surface area contributed by atoms with Crippen LogP contribution in [0.5, 0.6) is 0 Å². The maximum Gasteiger partial charge on any atom is 0.187 e. The van der Waals surface area contributed by atoms with Crippen LogP contribution in [0.2, 0.25) is 0 Å². The molecule has 0 aromatic rings. The minimum absolute atomic E-state index is 0.0250. The molecule has 3 fully saturated rings. The van der Waals surface area contributed by atoms with Crippen LogP contribution in [0.3, 0.4) is 0 Å². The molecule has 3 saturated heterocycles. The van der Waals surface area contributed by atoms with E-state index in [1.165, 1.54) is 6.08 Å². The first-order valence-electron chi connectivity index (χ1n) is 11.7. The van der Waals surface area contributed by atoms with Gasteiger partial charge in [0.15, 0.2) is 18.9 Å². The highest BCUT2D eigenvalue weighted by atomic mass is 16.7.